The predicted octanol–water partition coefficient (Wildman–Crippen LogP) is 5.75. The molecule has 31 heavy (non-hydrogen) atoms. The van der Waals surface area contributed by atoms with E-state index in [1.54, 1.807) is 6.07 Å². The molecule has 0 fully saturated rings. The van der Waals surface area contributed by atoms with Gasteiger partial charge >= 0.3 is 0 Å². The molecule has 2 aromatic heterocycles. The number of hydrogen-bond acceptors (Lipinski definition) is 4. The lowest BCUT2D eigenvalue weighted by Crippen LogP contribution is -2.12. The van der Waals surface area contributed by atoms with Gasteiger partial charge in [0.05, 0.1) is 11.0 Å². The summed E-state index contributed by atoms with van der Waals surface area (Å²) in [5, 5.41) is 6.76. The van der Waals surface area contributed by atoms with E-state index in [0.717, 1.165) is 33.5 Å². The van der Waals surface area contributed by atoms with E-state index in [2.05, 4.69) is 33.4 Å². The summed E-state index contributed by atoms with van der Waals surface area (Å²) in [7, 11) is 0. The smallest absolute Gasteiger partial charge is 0.277 e. The van der Waals surface area contributed by atoms with Crippen molar-refractivity contribution in [2.45, 2.75) is 13.8 Å². The van der Waals surface area contributed by atoms with Crippen molar-refractivity contribution in [3.63, 3.8) is 0 Å². The third kappa shape index (κ3) is 3.83. The zero-order chi connectivity index (χ0) is 21.4. The van der Waals surface area contributed by atoms with Crippen LogP contribution in [0.2, 0.25) is 0 Å². The van der Waals surface area contributed by atoms with Crippen LogP contribution >= 0.6 is 0 Å². The monoisotopic (exact) mass is 408 g/mol. The summed E-state index contributed by atoms with van der Waals surface area (Å²) < 4.78 is 5.34. The number of benzene rings is 3. The van der Waals surface area contributed by atoms with Crippen molar-refractivity contribution >= 4 is 22.6 Å². The fraction of sp³-hybridized carbons (Fsp3) is 0.0800. The van der Waals surface area contributed by atoms with Crippen LogP contribution in [0.4, 0.5) is 5.69 Å². The maximum atomic E-state index is 12.6. The fourth-order valence-electron chi connectivity index (χ4n) is 3.40. The first-order valence-corrected chi connectivity index (χ1v) is 9.97. The van der Waals surface area contributed by atoms with Gasteiger partial charge in [-0.05, 0) is 55.8 Å². The van der Waals surface area contributed by atoms with Crippen molar-refractivity contribution in [2.75, 3.05) is 5.32 Å². The number of fused-ring (bicyclic) bond motifs is 1. The Balaban J connectivity index is 1.31. The van der Waals surface area contributed by atoms with Gasteiger partial charge in [-0.15, -0.1) is 0 Å². The van der Waals surface area contributed by atoms with Crippen molar-refractivity contribution in [3.8, 4) is 22.7 Å². The van der Waals surface area contributed by atoms with E-state index < -0.39 is 0 Å². The molecule has 0 saturated heterocycles. The number of aromatic nitrogens is 3. The normalized spacial score (nSPS) is 11.0. The van der Waals surface area contributed by atoms with Crippen LogP contribution in [0.3, 0.4) is 0 Å². The minimum absolute atomic E-state index is 0.229. The average molecular weight is 408 g/mol. The van der Waals surface area contributed by atoms with Gasteiger partial charge in [-0.1, -0.05) is 41.1 Å². The van der Waals surface area contributed by atoms with Crippen LogP contribution in [0.1, 0.15) is 21.6 Å². The molecule has 0 aliphatic heterocycles. The number of nitrogens with one attached hydrogen (secondary N) is 2. The van der Waals surface area contributed by atoms with Gasteiger partial charge < -0.3 is 14.8 Å². The Morgan fingerprint density at radius 3 is 2.35 bits per heavy atom. The van der Waals surface area contributed by atoms with Gasteiger partial charge in [-0.2, -0.15) is 0 Å². The van der Waals surface area contributed by atoms with E-state index in [-0.39, 0.29) is 11.6 Å². The Morgan fingerprint density at radius 2 is 1.58 bits per heavy atom. The molecular weight excluding hydrogens is 388 g/mol. The molecule has 0 bridgehead atoms. The van der Waals surface area contributed by atoms with Crippen molar-refractivity contribution < 1.29 is 9.32 Å². The molecule has 0 atom stereocenters. The highest BCUT2D eigenvalue weighted by atomic mass is 16.5. The minimum Gasteiger partial charge on any atom is -0.355 e. The number of amides is 1. The van der Waals surface area contributed by atoms with Crippen LogP contribution in [-0.2, 0) is 0 Å². The molecule has 0 unspecified atom stereocenters. The lowest BCUT2D eigenvalue weighted by atomic mass is 10.1. The first-order chi connectivity index (χ1) is 15.0. The van der Waals surface area contributed by atoms with Gasteiger partial charge in [0.25, 0.3) is 5.91 Å². The third-order valence-electron chi connectivity index (χ3n) is 5.13. The Morgan fingerprint density at radius 1 is 0.871 bits per heavy atom. The van der Waals surface area contributed by atoms with Gasteiger partial charge in [0.2, 0.25) is 0 Å². The Labute approximate surface area is 178 Å². The molecule has 0 aliphatic rings. The zero-order valence-electron chi connectivity index (χ0n) is 17.1. The van der Waals surface area contributed by atoms with Crippen LogP contribution < -0.4 is 5.32 Å². The number of nitrogens with zero attached hydrogens (tertiary/aromatic N) is 2. The molecule has 0 radical (unpaired) electrons. The molecule has 2 N–H and O–H groups in total. The SMILES string of the molecule is Cc1ccc(-c2cc(C(=O)Nc3ccc(-c4nc5ccc(C)cc5[nH]4)cc3)no2)cc1. The number of rotatable bonds is 4. The van der Waals surface area contributed by atoms with E-state index in [1.807, 2.05) is 67.6 Å². The highest BCUT2D eigenvalue weighted by molar-refractivity contribution is 6.03. The van der Waals surface area contributed by atoms with E-state index in [0.29, 0.717) is 11.4 Å². The summed E-state index contributed by atoms with van der Waals surface area (Å²) >= 11 is 0. The van der Waals surface area contributed by atoms with Gasteiger partial charge in [-0.3, -0.25) is 4.79 Å². The molecule has 2 heterocycles. The molecule has 0 saturated carbocycles. The van der Waals surface area contributed by atoms with Crippen molar-refractivity contribution in [1.82, 2.24) is 15.1 Å². The van der Waals surface area contributed by atoms with Crippen molar-refractivity contribution in [2.24, 2.45) is 0 Å². The van der Waals surface area contributed by atoms with Gasteiger partial charge in [0.15, 0.2) is 11.5 Å². The van der Waals surface area contributed by atoms with E-state index in [9.17, 15) is 4.79 Å². The maximum Gasteiger partial charge on any atom is 0.277 e. The summed E-state index contributed by atoms with van der Waals surface area (Å²) in [4.78, 5) is 20.5. The molecule has 0 aliphatic carbocycles. The fourth-order valence-corrected chi connectivity index (χ4v) is 3.40. The number of aryl methyl sites for hydroxylation is 2. The molecular formula is C25H20N4O2. The van der Waals surface area contributed by atoms with Crippen LogP contribution in [0, 0.1) is 13.8 Å². The number of imidazole rings is 1. The van der Waals surface area contributed by atoms with Gasteiger partial charge in [-0.25, -0.2) is 4.98 Å². The third-order valence-corrected chi connectivity index (χ3v) is 5.13. The van der Waals surface area contributed by atoms with E-state index >= 15 is 0 Å². The number of aromatic amines is 1. The summed E-state index contributed by atoms with van der Waals surface area (Å²) in [5.74, 6) is 1.02. The molecule has 6 nitrogen and oxygen atoms in total. The molecule has 6 heteroatoms. The lowest BCUT2D eigenvalue weighted by Gasteiger charge is -2.03. The molecule has 0 spiro atoms. The van der Waals surface area contributed by atoms with Crippen molar-refractivity contribution in [3.05, 3.63) is 89.6 Å². The topological polar surface area (TPSA) is 83.8 Å². The van der Waals surface area contributed by atoms with E-state index in [1.165, 1.54) is 5.56 Å². The second-order valence-electron chi connectivity index (χ2n) is 7.58. The molecule has 1 amide bonds. The summed E-state index contributed by atoms with van der Waals surface area (Å²) in [6, 6.07) is 23.1. The average Bonchev–Trinajstić information content (AvgIpc) is 3.42. The lowest BCUT2D eigenvalue weighted by molar-refractivity contribution is 0.101. The Hall–Kier alpha value is -4.19. The highest BCUT2D eigenvalue weighted by Crippen LogP contribution is 2.24. The second-order valence-corrected chi connectivity index (χ2v) is 7.58. The predicted molar refractivity (Wildman–Crippen MR) is 121 cm³/mol. The molecule has 5 rings (SSSR count). The maximum absolute atomic E-state index is 12.6. The quantitative estimate of drug-likeness (QED) is 0.396. The summed E-state index contributed by atoms with van der Waals surface area (Å²) in [6.07, 6.45) is 0. The second kappa shape index (κ2) is 7.57. The standard InChI is InChI=1S/C25H20N4O2/c1-15-3-6-17(7-4-15)23-14-22(29-31-23)25(30)26-19-10-8-18(9-11-19)24-27-20-12-5-16(2)13-21(20)28-24/h3-14H,1-2H3,(H,26,30)(H,27,28). The zero-order valence-corrected chi connectivity index (χ0v) is 17.1. The van der Waals surface area contributed by atoms with Crippen LogP contribution in [0.15, 0.2) is 77.3 Å². The van der Waals surface area contributed by atoms with Crippen molar-refractivity contribution in [1.29, 1.82) is 0 Å². The highest BCUT2D eigenvalue weighted by Gasteiger charge is 2.14. The number of hydrogen-bond donors (Lipinski definition) is 2. The van der Waals surface area contributed by atoms with E-state index in [4.69, 9.17) is 4.52 Å². The largest absolute Gasteiger partial charge is 0.355 e. The Kier molecular flexibility index (Phi) is 4.59. The minimum atomic E-state index is -0.325. The number of carbonyl (C=O) groups excluding carboxylic acids is 1. The number of carbonyl (C=O) groups is 1. The van der Waals surface area contributed by atoms with Crippen LogP contribution in [0.5, 0.6) is 0 Å². The number of H-pyrrole nitrogens is 1. The van der Waals surface area contributed by atoms with Gasteiger partial charge in [0, 0.05) is 22.9 Å². The summed E-state index contributed by atoms with van der Waals surface area (Å²) in [5.41, 5.74) is 6.98. The molecule has 5 aromatic rings. The van der Waals surface area contributed by atoms with Crippen LogP contribution in [-0.4, -0.2) is 21.0 Å². The first-order valence-electron chi connectivity index (χ1n) is 9.97. The van der Waals surface area contributed by atoms with Crippen LogP contribution in [0.25, 0.3) is 33.7 Å². The molecule has 152 valence electrons. The number of anilines is 1. The summed E-state index contributed by atoms with van der Waals surface area (Å²) in [6.45, 7) is 4.07. The molecule has 3 aromatic carbocycles. The first kappa shape index (κ1) is 18.8. The van der Waals surface area contributed by atoms with Gasteiger partial charge in [0.1, 0.15) is 5.82 Å². The Bertz CT molecular complexity index is 1380.